The summed E-state index contributed by atoms with van der Waals surface area (Å²) in [5.74, 6) is 3.07. The molecule has 1 aliphatic carbocycles. The summed E-state index contributed by atoms with van der Waals surface area (Å²) in [5.41, 5.74) is 2.63. The van der Waals surface area contributed by atoms with Crippen molar-refractivity contribution in [1.82, 2.24) is 5.48 Å². The number of hydrogen-bond acceptors (Lipinski definition) is 3. The first-order valence-corrected chi connectivity index (χ1v) is 7.52. The summed E-state index contributed by atoms with van der Waals surface area (Å²) in [6.45, 7) is 0. The third-order valence-corrected chi connectivity index (χ3v) is 4.51. The molecule has 2 rings (SSSR count). The van der Waals surface area contributed by atoms with Gasteiger partial charge in [0.25, 0.3) is 0 Å². The van der Waals surface area contributed by atoms with E-state index in [1.54, 1.807) is 0 Å². The second kappa shape index (κ2) is 6.50. The van der Waals surface area contributed by atoms with Gasteiger partial charge in [-0.3, -0.25) is 9.63 Å². The van der Waals surface area contributed by atoms with Crippen LogP contribution in [0.15, 0.2) is 0 Å². The number of rotatable bonds is 4. The van der Waals surface area contributed by atoms with Gasteiger partial charge in [0.15, 0.2) is 0 Å². The molecular formula is C12H21NO2S. The van der Waals surface area contributed by atoms with Crippen molar-refractivity contribution in [3.63, 3.8) is 0 Å². The van der Waals surface area contributed by atoms with Crippen molar-refractivity contribution in [2.45, 2.75) is 51.0 Å². The monoisotopic (exact) mass is 243 g/mol. The maximum absolute atomic E-state index is 11.6. The Labute approximate surface area is 102 Å². The molecule has 92 valence electrons. The SMILES string of the molecule is O=C(CC1CCSCC1)NOC1CCCC1. The zero-order chi connectivity index (χ0) is 11.2. The van der Waals surface area contributed by atoms with Gasteiger partial charge in [0.05, 0.1) is 6.10 Å². The molecule has 0 aromatic carbocycles. The molecule has 1 heterocycles. The maximum atomic E-state index is 11.6. The molecule has 1 amide bonds. The van der Waals surface area contributed by atoms with E-state index in [1.807, 2.05) is 11.8 Å². The standard InChI is InChI=1S/C12H21NO2S/c14-12(9-10-5-7-16-8-6-10)13-15-11-3-1-2-4-11/h10-11H,1-9H2,(H,13,14). The fourth-order valence-corrected chi connectivity index (χ4v) is 3.61. The molecule has 0 spiro atoms. The van der Waals surface area contributed by atoms with Crippen molar-refractivity contribution in [2.75, 3.05) is 11.5 Å². The molecular weight excluding hydrogens is 222 g/mol. The summed E-state index contributed by atoms with van der Waals surface area (Å²) in [6, 6.07) is 0. The Morgan fingerprint density at radius 3 is 2.56 bits per heavy atom. The maximum Gasteiger partial charge on any atom is 0.243 e. The minimum absolute atomic E-state index is 0.0730. The minimum atomic E-state index is 0.0730. The molecule has 1 aliphatic heterocycles. The Morgan fingerprint density at radius 2 is 1.88 bits per heavy atom. The molecule has 0 aromatic heterocycles. The summed E-state index contributed by atoms with van der Waals surface area (Å²) < 4.78 is 0. The molecule has 4 heteroatoms. The molecule has 1 N–H and O–H groups in total. The van der Waals surface area contributed by atoms with Crippen LogP contribution in [0.2, 0.25) is 0 Å². The Kier molecular flexibility index (Phi) is 4.97. The van der Waals surface area contributed by atoms with Crippen LogP contribution in [0.1, 0.15) is 44.9 Å². The van der Waals surface area contributed by atoms with Crippen LogP contribution >= 0.6 is 11.8 Å². The van der Waals surface area contributed by atoms with Gasteiger partial charge in [-0.05, 0) is 43.1 Å². The zero-order valence-corrected chi connectivity index (χ0v) is 10.6. The topological polar surface area (TPSA) is 38.3 Å². The van der Waals surface area contributed by atoms with Gasteiger partial charge in [-0.15, -0.1) is 0 Å². The Bertz CT molecular complexity index is 223. The van der Waals surface area contributed by atoms with Gasteiger partial charge >= 0.3 is 0 Å². The van der Waals surface area contributed by atoms with Crippen molar-refractivity contribution < 1.29 is 9.63 Å². The Morgan fingerprint density at radius 1 is 1.19 bits per heavy atom. The van der Waals surface area contributed by atoms with Gasteiger partial charge < -0.3 is 0 Å². The van der Waals surface area contributed by atoms with Crippen LogP contribution in [-0.2, 0) is 9.63 Å². The summed E-state index contributed by atoms with van der Waals surface area (Å²) in [6.07, 6.45) is 7.95. The second-order valence-electron chi connectivity index (χ2n) is 4.81. The van der Waals surface area contributed by atoms with Gasteiger partial charge in [-0.2, -0.15) is 11.8 Å². The smallest absolute Gasteiger partial charge is 0.243 e. The van der Waals surface area contributed by atoms with Crippen LogP contribution in [0.25, 0.3) is 0 Å². The lowest BCUT2D eigenvalue weighted by molar-refractivity contribution is -0.139. The molecule has 1 saturated carbocycles. The van der Waals surface area contributed by atoms with Crippen LogP contribution in [-0.4, -0.2) is 23.5 Å². The number of carbonyl (C=O) groups excluding carboxylic acids is 1. The highest BCUT2D eigenvalue weighted by Gasteiger charge is 2.20. The Balaban J connectivity index is 1.59. The van der Waals surface area contributed by atoms with Gasteiger partial charge in [0.1, 0.15) is 0 Å². The van der Waals surface area contributed by atoms with Gasteiger partial charge in [0.2, 0.25) is 5.91 Å². The van der Waals surface area contributed by atoms with E-state index >= 15 is 0 Å². The number of carbonyl (C=O) groups is 1. The van der Waals surface area contributed by atoms with Crippen LogP contribution in [0, 0.1) is 5.92 Å². The summed E-state index contributed by atoms with van der Waals surface area (Å²) in [4.78, 5) is 17.0. The zero-order valence-electron chi connectivity index (χ0n) is 9.74. The highest BCUT2D eigenvalue weighted by atomic mass is 32.2. The number of nitrogens with one attached hydrogen (secondary N) is 1. The van der Waals surface area contributed by atoms with E-state index in [2.05, 4.69) is 5.48 Å². The summed E-state index contributed by atoms with van der Waals surface area (Å²) in [5, 5.41) is 0. The average Bonchev–Trinajstić information content (AvgIpc) is 2.81. The van der Waals surface area contributed by atoms with Crippen molar-refractivity contribution in [1.29, 1.82) is 0 Å². The third-order valence-electron chi connectivity index (χ3n) is 3.46. The lowest BCUT2D eigenvalue weighted by Crippen LogP contribution is -2.30. The minimum Gasteiger partial charge on any atom is -0.273 e. The molecule has 16 heavy (non-hydrogen) atoms. The quantitative estimate of drug-likeness (QED) is 0.771. The van der Waals surface area contributed by atoms with Crippen LogP contribution in [0.3, 0.4) is 0 Å². The predicted octanol–water partition coefficient (Wildman–Crippen LogP) is 2.51. The fourth-order valence-electron chi connectivity index (χ4n) is 2.41. The van der Waals surface area contributed by atoms with Crippen molar-refractivity contribution in [3.05, 3.63) is 0 Å². The molecule has 0 atom stereocenters. The van der Waals surface area contributed by atoms with Crippen molar-refractivity contribution in [3.8, 4) is 0 Å². The molecule has 0 bridgehead atoms. The van der Waals surface area contributed by atoms with Crippen LogP contribution in [0.4, 0.5) is 0 Å². The number of thioether (sulfide) groups is 1. The molecule has 0 radical (unpaired) electrons. The van der Waals surface area contributed by atoms with E-state index in [1.165, 1.54) is 37.2 Å². The fraction of sp³-hybridized carbons (Fsp3) is 0.917. The van der Waals surface area contributed by atoms with E-state index < -0.39 is 0 Å². The van der Waals surface area contributed by atoms with Crippen molar-refractivity contribution >= 4 is 17.7 Å². The average molecular weight is 243 g/mol. The van der Waals surface area contributed by atoms with Gasteiger partial charge in [0, 0.05) is 6.42 Å². The summed E-state index contributed by atoms with van der Waals surface area (Å²) in [7, 11) is 0. The molecule has 2 aliphatic rings. The number of hydrogen-bond donors (Lipinski definition) is 1. The van der Waals surface area contributed by atoms with Crippen LogP contribution in [0.5, 0.6) is 0 Å². The van der Waals surface area contributed by atoms with Gasteiger partial charge in [-0.1, -0.05) is 12.8 Å². The number of hydroxylamine groups is 1. The lowest BCUT2D eigenvalue weighted by atomic mass is 9.99. The second-order valence-corrected chi connectivity index (χ2v) is 6.03. The molecule has 0 aromatic rings. The van der Waals surface area contributed by atoms with E-state index in [0.29, 0.717) is 12.3 Å². The first kappa shape index (κ1) is 12.2. The largest absolute Gasteiger partial charge is 0.273 e. The lowest BCUT2D eigenvalue weighted by Gasteiger charge is -2.21. The third kappa shape index (κ3) is 3.98. The molecule has 0 unspecified atom stereocenters. The van der Waals surface area contributed by atoms with Crippen LogP contribution < -0.4 is 5.48 Å². The van der Waals surface area contributed by atoms with Gasteiger partial charge in [-0.25, -0.2) is 5.48 Å². The number of amides is 1. The highest BCUT2D eigenvalue weighted by Crippen LogP contribution is 2.25. The first-order valence-electron chi connectivity index (χ1n) is 6.37. The molecule has 2 fully saturated rings. The Hall–Kier alpha value is -0.220. The summed E-state index contributed by atoms with van der Waals surface area (Å²) >= 11 is 2.00. The van der Waals surface area contributed by atoms with E-state index in [4.69, 9.17) is 4.84 Å². The predicted molar refractivity (Wildman–Crippen MR) is 66.1 cm³/mol. The van der Waals surface area contributed by atoms with Crippen molar-refractivity contribution in [2.24, 2.45) is 5.92 Å². The molecule has 3 nitrogen and oxygen atoms in total. The molecule has 1 saturated heterocycles. The van der Waals surface area contributed by atoms with E-state index in [0.717, 1.165) is 12.8 Å². The first-order chi connectivity index (χ1) is 7.84. The van der Waals surface area contributed by atoms with E-state index in [-0.39, 0.29) is 12.0 Å². The highest BCUT2D eigenvalue weighted by molar-refractivity contribution is 7.99. The van der Waals surface area contributed by atoms with E-state index in [9.17, 15) is 4.79 Å². The normalized spacial score (nSPS) is 23.5.